The van der Waals surface area contributed by atoms with Crippen LogP contribution in [-0.4, -0.2) is 10.2 Å². The molecule has 0 saturated heterocycles. The molecule has 0 atom stereocenters. The van der Waals surface area contributed by atoms with Gasteiger partial charge >= 0.3 is 0 Å². The van der Waals surface area contributed by atoms with Gasteiger partial charge in [-0.3, -0.25) is 0 Å². The normalized spacial score (nSPS) is 11.1. The summed E-state index contributed by atoms with van der Waals surface area (Å²) in [5.41, 5.74) is 2.71. The van der Waals surface area contributed by atoms with Gasteiger partial charge in [0.15, 0.2) is 0 Å². The molecule has 0 bridgehead atoms. The van der Waals surface area contributed by atoms with Crippen molar-refractivity contribution in [2.75, 3.05) is 0 Å². The van der Waals surface area contributed by atoms with Crippen LogP contribution in [-0.2, 0) is 12.8 Å². The van der Waals surface area contributed by atoms with Crippen molar-refractivity contribution in [2.24, 2.45) is 0 Å². The zero-order chi connectivity index (χ0) is 17.3. The average Bonchev–Trinajstić information content (AvgIpc) is 2.61. The molecule has 0 amide bonds. The molecule has 24 heavy (non-hydrogen) atoms. The maximum atomic E-state index is 4.42. The lowest BCUT2D eigenvalue weighted by molar-refractivity contribution is 0.579. The Morgan fingerprint density at radius 2 is 1.12 bits per heavy atom. The molecule has 0 spiro atoms. The average molecular weight is 333 g/mol. The van der Waals surface area contributed by atoms with Gasteiger partial charge in [0.1, 0.15) is 0 Å². The third-order valence-corrected chi connectivity index (χ3v) is 4.96. The van der Waals surface area contributed by atoms with Gasteiger partial charge < -0.3 is 0 Å². The molecular formula is C22H40N2. The summed E-state index contributed by atoms with van der Waals surface area (Å²) in [7, 11) is 0. The number of rotatable bonds is 16. The standard InChI is InChI=1S/C22H40N2/c1-3-5-7-9-11-13-15-17-21-19-20-23-24-22(21)18-16-14-12-10-8-6-4-2/h19-20H,3-18H2,1-2H3. The van der Waals surface area contributed by atoms with E-state index in [0.29, 0.717) is 0 Å². The molecule has 1 aromatic rings. The fourth-order valence-electron chi connectivity index (χ4n) is 3.35. The number of aryl methyl sites for hydroxylation is 2. The second kappa shape index (κ2) is 15.6. The minimum Gasteiger partial charge on any atom is -0.159 e. The summed E-state index contributed by atoms with van der Waals surface area (Å²) in [6.07, 6.45) is 23.3. The van der Waals surface area contributed by atoms with Gasteiger partial charge in [-0.05, 0) is 37.3 Å². The van der Waals surface area contributed by atoms with Gasteiger partial charge in [0.05, 0.1) is 5.69 Å². The zero-order valence-electron chi connectivity index (χ0n) is 16.4. The molecule has 0 radical (unpaired) electrons. The van der Waals surface area contributed by atoms with E-state index in [1.54, 1.807) is 0 Å². The molecule has 0 fully saturated rings. The van der Waals surface area contributed by atoms with Crippen LogP contribution in [0.2, 0.25) is 0 Å². The molecule has 0 N–H and O–H groups in total. The first-order valence-electron chi connectivity index (χ1n) is 10.7. The Labute approximate surface area is 150 Å². The van der Waals surface area contributed by atoms with Crippen molar-refractivity contribution in [1.29, 1.82) is 0 Å². The highest BCUT2D eigenvalue weighted by Gasteiger charge is 2.04. The zero-order valence-corrected chi connectivity index (χ0v) is 16.4. The van der Waals surface area contributed by atoms with Crippen LogP contribution in [0.25, 0.3) is 0 Å². The summed E-state index contributed by atoms with van der Waals surface area (Å²) in [5.74, 6) is 0. The Hall–Kier alpha value is -0.920. The van der Waals surface area contributed by atoms with E-state index in [4.69, 9.17) is 0 Å². The second-order valence-corrected chi connectivity index (χ2v) is 7.25. The first kappa shape index (κ1) is 21.1. The summed E-state index contributed by atoms with van der Waals surface area (Å²) in [6, 6.07) is 2.20. The van der Waals surface area contributed by atoms with Gasteiger partial charge in [0.2, 0.25) is 0 Å². The van der Waals surface area contributed by atoms with E-state index in [-0.39, 0.29) is 0 Å². The lowest BCUT2D eigenvalue weighted by Crippen LogP contribution is -2.00. The molecule has 138 valence electrons. The minimum atomic E-state index is 1.12. The van der Waals surface area contributed by atoms with Crippen LogP contribution >= 0.6 is 0 Å². The Balaban J connectivity index is 2.14. The molecule has 0 aliphatic heterocycles. The van der Waals surface area contributed by atoms with Gasteiger partial charge in [-0.1, -0.05) is 90.9 Å². The SMILES string of the molecule is CCCCCCCCCc1ccnnc1CCCCCCCCC. The van der Waals surface area contributed by atoms with Crippen molar-refractivity contribution in [1.82, 2.24) is 10.2 Å². The lowest BCUT2D eigenvalue weighted by Gasteiger charge is -2.08. The predicted octanol–water partition coefficient (Wildman–Crippen LogP) is 7.06. The van der Waals surface area contributed by atoms with E-state index in [1.165, 1.54) is 108 Å². The summed E-state index contributed by atoms with van der Waals surface area (Å²) < 4.78 is 0. The molecule has 1 rings (SSSR count). The third kappa shape index (κ3) is 10.8. The van der Waals surface area contributed by atoms with Crippen LogP contribution < -0.4 is 0 Å². The van der Waals surface area contributed by atoms with E-state index < -0.39 is 0 Å². The Morgan fingerprint density at radius 1 is 0.625 bits per heavy atom. The van der Waals surface area contributed by atoms with Crippen LogP contribution in [0.4, 0.5) is 0 Å². The molecule has 1 heterocycles. The number of aromatic nitrogens is 2. The maximum absolute atomic E-state index is 4.42. The van der Waals surface area contributed by atoms with Gasteiger partial charge in [0, 0.05) is 6.20 Å². The Bertz CT molecular complexity index is 352. The summed E-state index contributed by atoms with van der Waals surface area (Å²) in [4.78, 5) is 0. The number of hydrogen-bond donors (Lipinski definition) is 0. The fraction of sp³-hybridized carbons (Fsp3) is 0.818. The van der Waals surface area contributed by atoms with Crippen LogP contribution in [0, 0.1) is 0 Å². The first-order chi connectivity index (χ1) is 11.9. The van der Waals surface area contributed by atoms with E-state index in [0.717, 1.165) is 6.42 Å². The molecule has 2 heteroatoms. The summed E-state index contributed by atoms with van der Waals surface area (Å²) in [5, 5.41) is 8.53. The van der Waals surface area contributed by atoms with Crippen molar-refractivity contribution < 1.29 is 0 Å². The highest BCUT2D eigenvalue weighted by Crippen LogP contribution is 2.15. The van der Waals surface area contributed by atoms with Crippen LogP contribution in [0.15, 0.2) is 12.3 Å². The topological polar surface area (TPSA) is 25.8 Å². The van der Waals surface area contributed by atoms with Gasteiger partial charge in [-0.15, -0.1) is 0 Å². The molecule has 0 unspecified atom stereocenters. The van der Waals surface area contributed by atoms with Crippen molar-refractivity contribution >= 4 is 0 Å². The number of hydrogen-bond acceptors (Lipinski definition) is 2. The predicted molar refractivity (Wildman–Crippen MR) is 105 cm³/mol. The van der Waals surface area contributed by atoms with E-state index in [9.17, 15) is 0 Å². The maximum Gasteiger partial charge on any atom is 0.0663 e. The van der Waals surface area contributed by atoms with Crippen molar-refractivity contribution in [3.05, 3.63) is 23.5 Å². The second-order valence-electron chi connectivity index (χ2n) is 7.25. The minimum absolute atomic E-state index is 1.12. The fourth-order valence-corrected chi connectivity index (χ4v) is 3.35. The van der Waals surface area contributed by atoms with E-state index in [1.807, 2.05) is 6.20 Å². The quantitative estimate of drug-likeness (QED) is 0.303. The molecule has 0 aliphatic carbocycles. The third-order valence-electron chi connectivity index (χ3n) is 4.96. The molecule has 0 aliphatic rings. The smallest absolute Gasteiger partial charge is 0.0663 e. The molecular weight excluding hydrogens is 292 g/mol. The van der Waals surface area contributed by atoms with Crippen molar-refractivity contribution in [2.45, 2.75) is 117 Å². The molecule has 0 saturated carbocycles. The van der Waals surface area contributed by atoms with Crippen LogP contribution in [0.3, 0.4) is 0 Å². The van der Waals surface area contributed by atoms with Crippen LogP contribution in [0.1, 0.15) is 115 Å². The Morgan fingerprint density at radius 3 is 1.71 bits per heavy atom. The van der Waals surface area contributed by atoms with E-state index >= 15 is 0 Å². The lowest BCUT2D eigenvalue weighted by atomic mass is 10.0. The summed E-state index contributed by atoms with van der Waals surface area (Å²) >= 11 is 0. The number of unbranched alkanes of at least 4 members (excludes halogenated alkanes) is 12. The number of nitrogens with zero attached hydrogens (tertiary/aromatic N) is 2. The van der Waals surface area contributed by atoms with Gasteiger partial charge in [0.25, 0.3) is 0 Å². The monoisotopic (exact) mass is 332 g/mol. The molecule has 1 aromatic heterocycles. The largest absolute Gasteiger partial charge is 0.159 e. The van der Waals surface area contributed by atoms with E-state index in [2.05, 4.69) is 30.1 Å². The van der Waals surface area contributed by atoms with Crippen molar-refractivity contribution in [3.8, 4) is 0 Å². The highest BCUT2D eigenvalue weighted by molar-refractivity contribution is 5.17. The Kier molecular flexibility index (Phi) is 13.7. The van der Waals surface area contributed by atoms with Gasteiger partial charge in [-0.25, -0.2) is 0 Å². The van der Waals surface area contributed by atoms with Gasteiger partial charge in [-0.2, -0.15) is 10.2 Å². The summed E-state index contributed by atoms with van der Waals surface area (Å²) in [6.45, 7) is 4.56. The highest BCUT2D eigenvalue weighted by atomic mass is 15.1. The van der Waals surface area contributed by atoms with Crippen LogP contribution in [0.5, 0.6) is 0 Å². The van der Waals surface area contributed by atoms with Crippen molar-refractivity contribution in [3.63, 3.8) is 0 Å². The molecule has 0 aromatic carbocycles. The molecule has 2 nitrogen and oxygen atoms in total. The first-order valence-corrected chi connectivity index (χ1v) is 10.7.